The molecule has 4 nitrogen and oxygen atoms in total. The van der Waals surface area contributed by atoms with E-state index in [2.05, 4.69) is 5.16 Å². The van der Waals surface area contributed by atoms with Gasteiger partial charge in [0.15, 0.2) is 5.58 Å². The Morgan fingerprint density at radius 3 is 2.58 bits per heavy atom. The molecular weight excluding hydrogens is 371 g/mol. The maximum Gasteiger partial charge on any atom is 0.167 e. The SMILES string of the molecule is Cc1noc2ccc(-c3cc(N)ccc3Oc3ccc(Cl)cc3Cl)cc12. The van der Waals surface area contributed by atoms with Crippen molar-refractivity contribution in [3.05, 3.63) is 70.3 Å². The number of nitrogen functional groups attached to an aromatic ring is 1. The van der Waals surface area contributed by atoms with Crippen molar-refractivity contribution >= 4 is 39.9 Å². The number of hydrogen-bond acceptors (Lipinski definition) is 4. The maximum absolute atomic E-state index is 6.24. The molecule has 0 saturated heterocycles. The van der Waals surface area contributed by atoms with Gasteiger partial charge in [0.2, 0.25) is 0 Å². The van der Waals surface area contributed by atoms with Gasteiger partial charge in [-0.1, -0.05) is 34.4 Å². The highest BCUT2D eigenvalue weighted by Gasteiger charge is 2.13. The Morgan fingerprint density at radius 2 is 1.77 bits per heavy atom. The minimum Gasteiger partial charge on any atom is -0.455 e. The van der Waals surface area contributed by atoms with E-state index in [4.69, 9.17) is 38.2 Å². The first-order valence-corrected chi connectivity index (χ1v) is 8.66. The number of halogens is 2. The minimum atomic E-state index is 0.436. The molecule has 3 aromatic carbocycles. The number of aromatic nitrogens is 1. The van der Waals surface area contributed by atoms with Crippen LogP contribution in [0.2, 0.25) is 10.0 Å². The van der Waals surface area contributed by atoms with Crippen molar-refractivity contribution in [2.45, 2.75) is 6.92 Å². The van der Waals surface area contributed by atoms with Crippen LogP contribution in [-0.2, 0) is 0 Å². The summed E-state index contributed by atoms with van der Waals surface area (Å²) in [5.41, 5.74) is 9.99. The third kappa shape index (κ3) is 3.09. The molecule has 6 heteroatoms. The lowest BCUT2D eigenvalue weighted by Gasteiger charge is -2.13. The van der Waals surface area contributed by atoms with Crippen molar-refractivity contribution in [3.63, 3.8) is 0 Å². The molecule has 4 rings (SSSR count). The molecule has 0 unspecified atom stereocenters. The second-order valence-electron chi connectivity index (χ2n) is 5.91. The first kappa shape index (κ1) is 16.8. The summed E-state index contributed by atoms with van der Waals surface area (Å²) in [5.74, 6) is 1.15. The molecule has 26 heavy (non-hydrogen) atoms. The standard InChI is InChI=1S/C20H14Cl2N2O2/c1-11-15-8-12(2-5-19(15)26-24-11)16-10-14(23)4-7-18(16)25-20-6-3-13(21)9-17(20)22/h2-10H,23H2,1H3. The summed E-state index contributed by atoms with van der Waals surface area (Å²) >= 11 is 12.2. The van der Waals surface area contributed by atoms with Crippen LogP contribution < -0.4 is 10.5 Å². The summed E-state index contributed by atoms with van der Waals surface area (Å²) in [6.07, 6.45) is 0. The smallest absolute Gasteiger partial charge is 0.167 e. The highest BCUT2D eigenvalue weighted by molar-refractivity contribution is 6.35. The fourth-order valence-electron chi connectivity index (χ4n) is 2.77. The first-order valence-electron chi connectivity index (χ1n) is 7.90. The van der Waals surface area contributed by atoms with Crippen molar-refractivity contribution < 1.29 is 9.26 Å². The van der Waals surface area contributed by atoms with Crippen LogP contribution in [0.15, 0.2) is 59.1 Å². The van der Waals surface area contributed by atoms with Gasteiger partial charge in [-0.25, -0.2) is 0 Å². The zero-order valence-corrected chi connectivity index (χ0v) is 15.3. The number of ether oxygens (including phenoxy) is 1. The van der Waals surface area contributed by atoms with Crippen LogP contribution in [0.25, 0.3) is 22.1 Å². The molecule has 0 amide bonds. The van der Waals surface area contributed by atoms with Gasteiger partial charge in [0.25, 0.3) is 0 Å². The van der Waals surface area contributed by atoms with Gasteiger partial charge in [0.1, 0.15) is 11.5 Å². The number of aryl methyl sites for hydroxylation is 1. The van der Waals surface area contributed by atoms with Crippen molar-refractivity contribution in [2.75, 3.05) is 5.73 Å². The first-order chi connectivity index (χ1) is 12.5. The van der Waals surface area contributed by atoms with Gasteiger partial charge < -0.3 is 15.0 Å². The molecule has 130 valence electrons. The molecule has 1 aromatic heterocycles. The molecule has 4 aromatic rings. The van der Waals surface area contributed by atoms with Crippen LogP contribution in [0.3, 0.4) is 0 Å². The normalized spacial score (nSPS) is 11.0. The summed E-state index contributed by atoms with van der Waals surface area (Å²) in [6.45, 7) is 1.90. The fraction of sp³-hybridized carbons (Fsp3) is 0.0500. The van der Waals surface area contributed by atoms with Crippen LogP contribution >= 0.6 is 23.2 Å². The average Bonchev–Trinajstić information content (AvgIpc) is 2.99. The summed E-state index contributed by atoms with van der Waals surface area (Å²) in [5, 5.41) is 5.93. The van der Waals surface area contributed by atoms with Gasteiger partial charge in [-0.05, 0) is 61.0 Å². The van der Waals surface area contributed by atoms with Gasteiger partial charge in [-0.15, -0.1) is 0 Å². The molecule has 0 saturated carbocycles. The van der Waals surface area contributed by atoms with Crippen molar-refractivity contribution in [3.8, 4) is 22.6 Å². The van der Waals surface area contributed by atoms with Crippen molar-refractivity contribution in [1.82, 2.24) is 5.16 Å². The number of fused-ring (bicyclic) bond motifs is 1. The molecule has 1 heterocycles. The van der Waals surface area contributed by atoms with Crippen LogP contribution in [0.1, 0.15) is 5.69 Å². The topological polar surface area (TPSA) is 61.3 Å². The summed E-state index contributed by atoms with van der Waals surface area (Å²) in [4.78, 5) is 0. The van der Waals surface area contributed by atoms with E-state index < -0.39 is 0 Å². The second-order valence-corrected chi connectivity index (χ2v) is 6.75. The Hall–Kier alpha value is -2.69. The van der Waals surface area contributed by atoms with E-state index in [0.29, 0.717) is 27.2 Å². The average molecular weight is 385 g/mol. The van der Waals surface area contributed by atoms with E-state index >= 15 is 0 Å². The lowest BCUT2D eigenvalue weighted by Crippen LogP contribution is -1.92. The largest absolute Gasteiger partial charge is 0.455 e. The molecule has 0 spiro atoms. The second kappa shape index (κ2) is 6.56. The molecule has 0 aliphatic rings. The van der Waals surface area contributed by atoms with Gasteiger partial charge >= 0.3 is 0 Å². The van der Waals surface area contributed by atoms with E-state index in [9.17, 15) is 0 Å². The molecule has 0 radical (unpaired) electrons. The van der Waals surface area contributed by atoms with Crippen LogP contribution in [0.4, 0.5) is 5.69 Å². The Balaban J connectivity index is 1.82. The Bertz CT molecular complexity index is 1120. The highest BCUT2D eigenvalue weighted by atomic mass is 35.5. The number of nitrogens with two attached hydrogens (primary N) is 1. The molecule has 0 bridgehead atoms. The van der Waals surface area contributed by atoms with Crippen molar-refractivity contribution in [1.29, 1.82) is 0 Å². The Morgan fingerprint density at radius 1 is 0.962 bits per heavy atom. The van der Waals surface area contributed by atoms with E-state index in [1.165, 1.54) is 0 Å². The Kier molecular flexibility index (Phi) is 4.23. The van der Waals surface area contributed by atoms with E-state index in [0.717, 1.165) is 27.8 Å². The van der Waals surface area contributed by atoms with E-state index in [1.807, 2.05) is 37.3 Å². The molecule has 0 fully saturated rings. The quantitative estimate of drug-likeness (QED) is 0.410. The van der Waals surface area contributed by atoms with Crippen molar-refractivity contribution in [2.24, 2.45) is 0 Å². The molecule has 0 atom stereocenters. The lowest BCUT2D eigenvalue weighted by molar-refractivity contribution is 0.450. The fourth-order valence-corrected chi connectivity index (χ4v) is 3.21. The lowest BCUT2D eigenvalue weighted by atomic mass is 10.0. The maximum atomic E-state index is 6.24. The molecule has 0 aliphatic carbocycles. The predicted molar refractivity (Wildman–Crippen MR) is 105 cm³/mol. The number of anilines is 1. The number of benzene rings is 3. The third-order valence-electron chi connectivity index (χ3n) is 4.08. The third-order valence-corrected chi connectivity index (χ3v) is 4.61. The zero-order chi connectivity index (χ0) is 18.3. The highest BCUT2D eigenvalue weighted by Crippen LogP contribution is 2.39. The van der Waals surface area contributed by atoms with E-state index in [-0.39, 0.29) is 0 Å². The molecule has 2 N–H and O–H groups in total. The van der Waals surface area contributed by atoms with Gasteiger partial charge in [0, 0.05) is 21.7 Å². The number of nitrogens with zero attached hydrogens (tertiary/aromatic N) is 1. The zero-order valence-electron chi connectivity index (χ0n) is 13.8. The van der Waals surface area contributed by atoms with Crippen LogP contribution in [0.5, 0.6) is 11.5 Å². The monoisotopic (exact) mass is 384 g/mol. The Labute approximate surface area is 160 Å². The predicted octanol–water partition coefficient (Wildman–Crippen LogP) is 6.48. The number of rotatable bonds is 3. The van der Waals surface area contributed by atoms with Gasteiger partial charge in [-0.2, -0.15) is 0 Å². The van der Waals surface area contributed by atoms with Gasteiger partial charge in [0.05, 0.1) is 10.7 Å². The summed E-state index contributed by atoms with van der Waals surface area (Å²) < 4.78 is 11.3. The van der Waals surface area contributed by atoms with Crippen LogP contribution in [0, 0.1) is 6.92 Å². The minimum absolute atomic E-state index is 0.436. The van der Waals surface area contributed by atoms with Crippen LogP contribution in [-0.4, -0.2) is 5.16 Å². The summed E-state index contributed by atoms with van der Waals surface area (Å²) in [7, 11) is 0. The molecule has 0 aliphatic heterocycles. The van der Waals surface area contributed by atoms with Gasteiger partial charge in [-0.3, -0.25) is 0 Å². The van der Waals surface area contributed by atoms with E-state index in [1.54, 1.807) is 24.3 Å². The molecular formula is C20H14Cl2N2O2. The summed E-state index contributed by atoms with van der Waals surface area (Å²) in [6, 6.07) is 16.4. The number of hydrogen-bond donors (Lipinski definition) is 1.